The van der Waals surface area contributed by atoms with Crippen molar-refractivity contribution in [3.63, 3.8) is 0 Å². The van der Waals surface area contributed by atoms with Crippen LogP contribution in [0.1, 0.15) is 31.8 Å². The second-order valence-electron chi connectivity index (χ2n) is 7.75. The normalized spacial score (nSPS) is 11.9. The molecule has 2 heterocycles. The summed E-state index contributed by atoms with van der Waals surface area (Å²) in [6.45, 7) is 0.423. The fourth-order valence-electron chi connectivity index (χ4n) is 3.90. The molecule has 0 aliphatic rings. The lowest BCUT2D eigenvalue weighted by Gasteiger charge is -2.16. The van der Waals surface area contributed by atoms with Crippen LogP contribution in [0.4, 0.5) is 0 Å². The van der Waals surface area contributed by atoms with Crippen molar-refractivity contribution in [2.45, 2.75) is 12.6 Å². The molecule has 1 atom stereocenters. The second-order valence-corrected chi connectivity index (χ2v) is 9.76. The summed E-state index contributed by atoms with van der Waals surface area (Å²) in [7, 11) is 0. The van der Waals surface area contributed by atoms with Gasteiger partial charge in [0.2, 0.25) is 0 Å². The average Bonchev–Trinajstić information content (AvgIpc) is 3.57. The van der Waals surface area contributed by atoms with Crippen molar-refractivity contribution in [2.75, 3.05) is 0 Å². The monoisotopic (exact) mass is 482 g/mol. The maximum atomic E-state index is 11.7. The fourth-order valence-corrected chi connectivity index (χ4v) is 5.96. The Kier molecular flexibility index (Phi) is 6.62. The van der Waals surface area contributed by atoms with Crippen LogP contribution in [0, 0.1) is 0 Å². The van der Waals surface area contributed by atoms with Crippen LogP contribution in [0.25, 0.3) is 21.7 Å². The molecule has 0 fully saturated rings. The van der Waals surface area contributed by atoms with Crippen LogP contribution in [0.2, 0.25) is 0 Å². The van der Waals surface area contributed by atoms with Crippen LogP contribution in [0.3, 0.4) is 0 Å². The molecular weight excluding hydrogens is 460 g/mol. The standard InChI is InChI=1S/C28H22N2O2S2/c31-28(32)22-15-8-7-14-21(22)18-29-25(23-16-9-17-33-23)27-30-24(19-10-3-1-4-11-19)26(34-27)20-12-5-2-6-13-20/h1-17,25,29H,18H2,(H,31,32). The van der Waals surface area contributed by atoms with Crippen LogP contribution < -0.4 is 5.32 Å². The van der Waals surface area contributed by atoms with Gasteiger partial charge in [-0.15, -0.1) is 22.7 Å². The summed E-state index contributed by atoms with van der Waals surface area (Å²) < 4.78 is 0. The highest BCUT2D eigenvalue weighted by Gasteiger charge is 2.23. The molecule has 0 amide bonds. The number of aromatic nitrogens is 1. The van der Waals surface area contributed by atoms with Crippen molar-refractivity contribution in [3.05, 3.63) is 123 Å². The Morgan fingerprint density at radius 3 is 2.21 bits per heavy atom. The number of benzene rings is 3. The number of carboxylic acid groups (broad SMARTS) is 1. The number of thiazole rings is 1. The molecule has 34 heavy (non-hydrogen) atoms. The van der Waals surface area contributed by atoms with E-state index >= 15 is 0 Å². The fraction of sp³-hybridized carbons (Fsp3) is 0.0714. The summed E-state index contributed by atoms with van der Waals surface area (Å²) in [4.78, 5) is 19.1. The molecule has 0 spiro atoms. The second kappa shape index (κ2) is 10.1. The van der Waals surface area contributed by atoms with Gasteiger partial charge < -0.3 is 5.11 Å². The number of nitrogens with zero attached hydrogens (tertiary/aromatic N) is 1. The molecule has 1 unspecified atom stereocenters. The first-order valence-corrected chi connectivity index (χ1v) is 12.6. The minimum absolute atomic E-state index is 0.147. The number of thiophene rings is 1. The van der Waals surface area contributed by atoms with E-state index in [2.05, 4.69) is 41.0 Å². The molecule has 0 saturated heterocycles. The Balaban J connectivity index is 1.56. The van der Waals surface area contributed by atoms with E-state index in [0.29, 0.717) is 12.1 Å². The van der Waals surface area contributed by atoms with E-state index in [0.717, 1.165) is 37.1 Å². The number of aromatic carboxylic acids is 1. The van der Waals surface area contributed by atoms with Gasteiger partial charge in [-0.3, -0.25) is 5.32 Å². The first-order valence-electron chi connectivity index (χ1n) is 10.9. The van der Waals surface area contributed by atoms with Gasteiger partial charge in [0.05, 0.1) is 22.2 Å². The Labute approximate surface area is 206 Å². The van der Waals surface area contributed by atoms with E-state index in [9.17, 15) is 9.90 Å². The molecule has 0 saturated carbocycles. The SMILES string of the molecule is O=C(O)c1ccccc1CNC(c1cccs1)c1nc(-c2ccccc2)c(-c2ccccc2)s1. The number of carbonyl (C=O) groups is 1. The van der Waals surface area contributed by atoms with Gasteiger partial charge >= 0.3 is 5.97 Å². The third-order valence-electron chi connectivity index (χ3n) is 5.55. The number of carboxylic acids is 1. The van der Waals surface area contributed by atoms with Crippen molar-refractivity contribution >= 4 is 28.6 Å². The van der Waals surface area contributed by atoms with E-state index in [1.54, 1.807) is 34.8 Å². The molecule has 2 N–H and O–H groups in total. The highest BCUT2D eigenvalue weighted by Crippen LogP contribution is 2.40. The molecule has 6 heteroatoms. The summed E-state index contributed by atoms with van der Waals surface area (Å²) in [6, 6.07) is 31.7. The van der Waals surface area contributed by atoms with Crippen LogP contribution >= 0.6 is 22.7 Å². The van der Waals surface area contributed by atoms with E-state index < -0.39 is 5.97 Å². The number of rotatable bonds is 8. The van der Waals surface area contributed by atoms with Crippen molar-refractivity contribution in [1.82, 2.24) is 10.3 Å². The molecule has 2 aromatic heterocycles. The molecule has 4 nitrogen and oxygen atoms in total. The smallest absolute Gasteiger partial charge is 0.336 e. The zero-order chi connectivity index (χ0) is 23.3. The van der Waals surface area contributed by atoms with E-state index in [-0.39, 0.29) is 6.04 Å². The van der Waals surface area contributed by atoms with Crippen molar-refractivity contribution in [2.24, 2.45) is 0 Å². The van der Waals surface area contributed by atoms with E-state index in [1.165, 1.54) is 0 Å². The first kappa shape index (κ1) is 22.2. The van der Waals surface area contributed by atoms with Gasteiger partial charge in [0.15, 0.2) is 0 Å². The minimum Gasteiger partial charge on any atom is -0.478 e. The molecule has 0 aliphatic heterocycles. The molecule has 0 radical (unpaired) electrons. The maximum absolute atomic E-state index is 11.7. The summed E-state index contributed by atoms with van der Waals surface area (Å²) in [5.41, 5.74) is 4.23. The Morgan fingerprint density at radius 1 is 0.853 bits per heavy atom. The highest BCUT2D eigenvalue weighted by molar-refractivity contribution is 7.16. The Morgan fingerprint density at radius 2 is 1.53 bits per heavy atom. The molecule has 3 aromatic carbocycles. The highest BCUT2D eigenvalue weighted by atomic mass is 32.1. The molecule has 5 aromatic rings. The molecule has 5 rings (SSSR count). The van der Waals surface area contributed by atoms with Crippen LogP contribution in [0.15, 0.2) is 102 Å². The Bertz CT molecular complexity index is 1320. The third-order valence-corrected chi connectivity index (χ3v) is 7.65. The van der Waals surface area contributed by atoms with Crippen LogP contribution in [-0.4, -0.2) is 16.1 Å². The quantitative estimate of drug-likeness (QED) is 0.247. The minimum atomic E-state index is -0.919. The van der Waals surface area contributed by atoms with Gasteiger partial charge in [0, 0.05) is 17.0 Å². The molecular formula is C28H22N2O2S2. The van der Waals surface area contributed by atoms with Crippen LogP contribution in [-0.2, 0) is 6.54 Å². The number of nitrogens with one attached hydrogen (secondary N) is 1. The van der Waals surface area contributed by atoms with Gasteiger partial charge in [-0.2, -0.15) is 0 Å². The summed E-state index contributed by atoms with van der Waals surface area (Å²) in [5, 5.41) is 16.2. The average molecular weight is 483 g/mol. The number of hydrogen-bond donors (Lipinski definition) is 2. The predicted molar refractivity (Wildman–Crippen MR) is 139 cm³/mol. The van der Waals surface area contributed by atoms with Crippen molar-refractivity contribution < 1.29 is 9.90 Å². The zero-order valence-corrected chi connectivity index (χ0v) is 19.9. The van der Waals surface area contributed by atoms with Crippen molar-refractivity contribution in [1.29, 1.82) is 0 Å². The maximum Gasteiger partial charge on any atom is 0.336 e. The summed E-state index contributed by atoms with van der Waals surface area (Å²) in [6.07, 6.45) is 0. The summed E-state index contributed by atoms with van der Waals surface area (Å²) in [5.74, 6) is -0.919. The van der Waals surface area contributed by atoms with Gasteiger partial charge in [-0.1, -0.05) is 84.9 Å². The topological polar surface area (TPSA) is 62.2 Å². The predicted octanol–water partition coefficient (Wildman–Crippen LogP) is 7.12. The van der Waals surface area contributed by atoms with Gasteiger partial charge in [-0.25, -0.2) is 9.78 Å². The molecule has 0 aliphatic carbocycles. The largest absolute Gasteiger partial charge is 0.478 e. The lowest BCUT2D eigenvalue weighted by Crippen LogP contribution is -2.22. The molecule has 0 bridgehead atoms. The van der Waals surface area contributed by atoms with E-state index in [4.69, 9.17) is 4.98 Å². The lowest BCUT2D eigenvalue weighted by molar-refractivity contribution is 0.0695. The van der Waals surface area contributed by atoms with Gasteiger partial charge in [-0.05, 0) is 28.6 Å². The zero-order valence-electron chi connectivity index (χ0n) is 18.2. The molecule has 168 valence electrons. The number of hydrogen-bond acceptors (Lipinski definition) is 5. The van der Waals surface area contributed by atoms with Crippen molar-refractivity contribution in [3.8, 4) is 21.7 Å². The Hall–Kier alpha value is -3.58. The third kappa shape index (κ3) is 4.70. The van der Waals surface area contributed by atoms with Crippen LogP contribution in [0.5, 0.6) is 0 Å². The van der Waals surface area contributed by atoms with Gasteiger partial charge in [0.1, 0.15) is 5.01 Å². The first-order chi connectivity index (χ1) is 16.7. The summed E-state index contributed by atoms with van der Waals surface area (Å²) >= 11 is 3.34. The van der Waals surface area contributed by atoms with Gasteiger partial charge in [0.25, 0.3) is 0 Å². The lowest BCUT2D eigenvalue weighted by atomic mass is 10.1. The van der Waals surface area contributed by atoms with E-state index in [1.807, 2.05) is 54.6 Å².